The molecule has 0 spiro atoms. The van der Waals surface area contributed by atoms with Crippen LogP contribution in [0.25, 0.3) is 0 Å². The second kappa shape index (κ2) is 5.74. The summed E-state index contributed by atoms with van der Waals surface area (Å²) in [6.07, 6.45) is 0.121. The van der Waals surface area contributed by atoms with Gasteiger partial charge in [0.2, 0.25) is 0 Å². The van der Waals surface area contributed by atoms with E-state index < -0.39 is 32.9 Å². The molecule has 80 valence electrons. The zero-order chi connectivity index (χ0) is 11.3. The molecular formula is C10H10O4Te. The Hall–Kier alpha value is -1.05. The van der Waals surface area contributed by atoms with E-state index in [1.807, 2.05) is 0 Å². The van der Waals surface area contributed by atoms with Crippen molar-refractivity contribution in [2.45, 2.75) is 10.9 Å². The van der Waals surface area contributed by atoms with E-state index in [4.69, 9.17) is 10.2 Å². The molecule has 0 bridgehead atoms. The summed E-state index contributed by atoms with van der Waals surface area (Å²) in [7, 11) is 0. The average molecular weight is 322 g/mol. The van der Waals surface area contributed by atoms with Crippen LogP contribution in [0.2, 0.25) is 4.47 Å². The van der Waals surface area contributed by atoms with E-state index in [0.717, 1.165) is 3.61 Å². The van der Waals surface area contributed by atoms with Crippen LogP contribution in [0, 0.1) is 0 Å². The van der Waals surface area contributed by atoms with Crippen molar-refractivity contribution in [3.05, 3.63) is 29.8 Å². The average Bonchev–Trinajstić information content (AvgIpc) is 2.17. The molecule has 0 saturated heterocycles. The number of carbonyl (C=O) groups is 2. The molecular weight excluding hydrogens is 312 g/mol. The zero-order valence-corrected chi connectivity index (χ0v) is 10.2. The number of hydrogen-bond donors (Lipinski definition) is 2. The zero-order valence-electron chi connectivity index (χ0n) is 7.84. The molecule has 5 heteroatoms. The number of carboxylic acids is 2. The Morgan fingerprint density at radius 1 is 1.20 bits per heavy atom. The summed E-state index contributed by atoms with van der Waals surface area (Å²) in [5.41, 5.74) is 0.310. The van der Waals surface area contributed by atoms with Gasteiger partial charge in [0.25, 0.3) is 0 Å². The van der Waals surface area contributed by atoms with E-state index in [1.165, 1.54) is 0 Å². The quantitative estimate of drug-likeness (QED) is 0.779. The van der Waals surface area contributed by atoms with E-state index in [9.17, 15) is 9.59 Å². The topological polar surface area (TPSA) is 74.6 Å². The Balaban J connectivity index is 2.67. The third kappa shape index (κ3) is 3.90. The van der Waals surface area contributed by atoms with Crippen molar-refractivity contribution < 1.29 is 19.8 Å². The Kier molecular flexibility index (Phi) is 4.60. The normalized spacial score (nSPS) is 9.87. The van der Waals surface area contributed by atoms with Gasteiger partial charge in [-0.15, -0.1) is 0 Å². The molecule has 0 aliphatic rings. The molecule has 0 saturated carbocycles. The van der Waals surface area contributed by atoms with Crippen molar-refractivity contribution in [1.82, 2.24) is 0 Å². The van der Waals surface area contributed by atoms with Crippen LogP contribution in [-0.4, -0.2) is 43.1 Å². The summed E-state index contributed by atoms with van der Waals surface area (Å²) < 4.78 is 1.40. The summed E-state index contributed by atoms with van der Waals surface area (Å²) in [6, 6.07) is 6.79. The summed E-state index contributed by atoms with van der Waals surface area (Å²) in [4.78, 5) is 21.1. The van der Waals surface area contributed by atoms with Crippen molar-refractivity contribution in [3.8, 4) is 0 Å². The maximum atomic E-state index is 10.8. The molecule has 15 heavy (non-hydrogen) atoms. The monoisotopic (exact) mass is 324 g/mol. The number of rotatable bonds is 5. The first kappa shape index (κ1) is 12.0. The van der Waals surface area contributed by atoms with Gasteiger partial charge >= 0.3 is 97.0 Å². The first-order valence-electron chi connectivity index (χ1n) is 4.28. The van der Waals surface area contributed by atoms with Crippen molar-refractivity contribution in [3.63, 3.8) is 0 Å². The predicted molar refractivity (Wildman–Crippen MR) is 55.8 cm³/mol. The van der Waals surface area contributed by atoms with Gasteiger partial charge in [0.05, 0.1) is 0 Å². The molecule has 0 aromatic heterocycles. The fraction of sp³-hybridized carbons (Fsp3) is 0.200. The van der Waals surface area contributed by atoms with Crippen LogP contribution in [0.4, 0.5) is 0 Å². The molecule has 0 atom stereocenters. The number of hydrogen-bond acceptors (Lipinski definition) is 2. The Bertz CT molecular complexity index is 375. The third-order valence-corrected chi connectivity index (χ3v) is 4.76. The SMILES string of the molecule is O=C(O)CC[Te]c1ccccc1C(=O)O. The second-order valence-corrected chi connectivity index (χ2v) is 6.04. The summed E-state index contributed by atoms with van der Waals surface area (Å²) in [6.45, 7) is 0. The van der Waals surface area contributed by atoms with Crippen LogP contribution in [-0.2, 0) is 4.79 Å². The molecule has 0 amide bonds. The predicted octanol–water partition coefficient (Wildman–Crippen LogP) is 0.607. The molecule has 0 radical (unpaired) electrons. The third-order valence-electron chi connectivity index (χ3n) is 1.69. The Morgan fingerprint density at radius 2 is 1.87 bits per heavy atom. The van der Waals surface area contributed by atoms with Crippen LogP contribution in [0.1, 0.15) is 16.8 Å². The van der Waals surface area contributed by atoms with Crippen LogP contribution < -0.4 is 3.61 Å². The van der Waals surface area contributed by atoms with Gasteiger partial charge in [0, 0.05) is 0 Å². The molecule has 0 aliphatic heterocycles. The first-order chi connectivity index (χ1) is 7.11. The number of aromatic carboxylic acids is 1. The minimum absolute atomic E-state index is 0.121. The van der Waals surface area contributed by atoms with Gasteiger partial charge in [-0.1, -0.05) is 0 Å². The summed E-state index contributed by atoms with van der Waals surface area (Å²) >= 11 is -0.706. The van der Waals surface area contributed by atoms with Crippen molar-refractivity contribution in [2.24, 2.45) is 0 Å². The van der Waals surface area contributed by atoms with E-state index in [2.05, 4.69) is 0 Å². The van der Waals surface area contributed by atoms with Gasteiger partial charge < -0.3 is 0 Å². The van der Waals surface area contributed by atoms with Crippen molar-refractivity contribution in [1.29, 1.82) is 0 Å². The number of aliphatic carboxylic acids is 1. The summed E-state index contributed by atoms with van der Waals surface area (Å²) in [5.74, 6) is -1.76. The number of carboxylic acid groups (broad SMARTS) is 2. The fourth-order valence-corrected chi connectivity index (χ4v) is 3.82. The van der Waals surface area contributed by atoms with Gasteiger partial charge in [0.1, 0.15) is 0 Å². The van der Waals surface area contributed by atoms with Crippen LogP contribution in [0.3, 0.4) is 0 Å². The molecule has 4 nitrogen and oxygen atoms in total. The molecule has 2 N–H and O–H groups in total. The molecule has 0 heterocycles. The van der Waals surface area contributed by atoms with Crippen molar-refractivity contribution >= 4 is 36.5 Å². The van der Waals surface area contributed by atoms with Gasteiger partial charge in [-0.05, 0) is 0 Å². The van der Waals surface area contributed by atoms with E-state index in [0.29, 0.717) is 10.0 Å². The van der Waals surface area contributed by atoms with Gasteiger partial charge in [-0.25, -0.2) is 0 Å². The van der Waals surface area contributed by atoms with Gasteiger partial charge in [0.15, 0.2) is 0 Å². The molecule has 0 unspecified atom stereocenters. The Labute approximate surface area is 97.0 Å². The molecule has 1 aromatic rings. The van der Waals surface area contributed by atoms with Crippen LogP contribution in [0.5, 0.6) is 0 Å². The van der Waals surface area contributed by atoms with Gasteiger partial charge in [-0.2, -0.15) is 0 Å². The van der Waals surface area contributed by atoms with Crippen LogP contribution >= 0.6 is 0 Å². The molecule has 0 fully saturated rings. The summed E-state index contributed by atoms with van der Waals surface area (Å²) in [5, 5.41) is 17.4. The number of benzene rings is 1. The maximum absolute atomic E-state index is 10.8. The fourth-order valence-electron chi connectivity index (χ4n) is 1.02. The van der Waals surface area contributed by atoms with E-state index in [1.54, 1.807) is 24.3 Å². The molecule has 1 rings (SSSR count). The van der Waals surface area contributed by atoms with E-state index in [-0.39, 0.29) is 6.42 Å². The van der Waals surface area contributed by atoms with Crippen LogP contribution in [0.15, 0.2) is 24.3 Å². The van der Waals surface area contributed by atoms with Crippen molar-refractivity contribution in [2.75, 3.05) is 0 Å². The molecule has 1 aromatic carbocycles. The molecule has 0 aliphatic carbocycles. The first-order valence-corrected chi connectivity index (χ1v) is 7.09. The minimum atomic E-state index is -0.939. The second-order valence-electron chi connectivity index (χ2n) is 2.79. The Morgan fingerprint density at radius 3 is 2.47 bits per heavy atom. The van der Waals surface area contributed by atoms with E-state index >= 15 is 0 Å². The standard InChI is InChI=1S/C10H10O4Te/c11-9(12)5-6-15-8-4-2-1-3-7(8)10(13)14/h1-4H,5-6H2,(H,11,12)(H,13,14). The van der Waals surface area contributed by atoms with Gasteiger partial charge in [-0.3, -0.25) is 0 Å².